The minimum Gasteiger partial charge on any atom is -0.130 e. The predicted molar refractivity (Wildman–Crippen MR) is 126 cm³/mol. The lowest BCUT2D eigenvalue weighted by Crippen LogP contribution is -1.82. The van der Waals surface area contributed by atoms with Crippen LogP contribution in [0.3, 0.4) is 0 Å². The monoisotopic (exact) mass is 398 g/mol. The average molecular weight is 399 g/mol. The van der Waals surface area contributed by atoms with E-state index in [4.69, 9.17) is 0 Å². The van der Waals surface area contributed by atoms with E-state index < -0.39 is 0 Å². The minimum atomic E-state index is 1.24. The highest BCUT2D eigenvalue weighted by molar-refractivity contribution is 7.98. The van der Waals surface area contributed by atoms with Crippen molar-refractivity contribution in [1.82, 2.24) is 0 Å². The van der Waals surface area contributed by atoms with E-state index in [9.17, 15) is 0 Å². The van der Waals surface area contributed by atoms with Crippen molar-refractivity contribution in [3.05, 3.63) is 97.1 Å². The number of thioether (sulfide) groups is 2. The topological polar surface area (TPSA) is 0 Å². The van der Waals surface area contributed by atoms with E-state index in [1.165, 1.54) is 43.2 Å². The van der Waals surface area contributed by atoms with Crippen molar-refractivity contribution in [2.24, 2.45) is 0 Å². The molecule has 0 aromatic heterocycles. The maximum atomic E-state index is 2.21. The van der Waals surface area contributed by atoms with Gasteiger partial charge in [-0.25, -0.2) is 0 Å². The van der Waals surface area contributed by atoms with Crippen LogP contribution < -0.4 is 0 Å². The van der Waals surface area contributed by atoms with Crippen LogP contribution in [0.1, 0.15) is 0 Å². The van der Waals surface area contributed by atoms with Crippen LogP contribution in [-0.2, 0) is 0 Å². The third-order valence-corrected chi connectivity index (χ3v) is 6.44. The second kappa shape index (κ2) is 8.72. The Morgan fingerprint density at radius 3 is 0.679 bits per heavy atom. The van der Waals surface area contributed by atoms with E-state index >= 15 is 0 Å². The van der Waals surface area contributed by atoms with E-state index in [0.29, 0.717) is 0 Å². The predicted octanol–water partition coefficient (Wildman–Crippen LogP) is 8.13. The highest BCUT2D eigenvalue weighted by Crippen LogP contribution is 2.29. The molecular weight excluding hydrogens is 376 g/mol. The summed E-state index contributed by atoms with van der Waals surface area (Å²) in [5, 5.41) is 0. The Bertz CT molecular complexity index is 941. The first-order chi connectivity index (χ1) is 13.8. The molecule has 0 unspecified atom stereocenters. The molecule has 0 atom stereocenters. The molecule has 4 aromatic carbocycles. The standard InChI is InChI=1S/C26H22S2/c1-27-25-15-11-23(12-16-25)21-7-3-19(4-8-21)20-5-9-22(10-6-20)24-13-17-26(28-2)18-14-24/h3-18H,1-2H3. The van der Waals surface area contributed by atoms with Gasteiger partial charge < -0.3 is 0 Å². The summed E-state index contributed by atoms with van der Waals surface area (Å²) in [5.41, 5.74) is 7.51. The maximum Gasteiger partial charge on any atom is 0.00695 e. The molecule has 0 saturated heterocycles. The van der Waals surface area contributed by atoms with Gasteiger partial charge in [0.1, 0.15) is 0 Å². The summed E-state index contributed by atoms with van der Waals surface area (Å²) >= 11 is 3.55. The van der Waals surface area contributed by atoms with Gasteiger partial charge in [-0.05, 0) is 70.2 Å². The Hall–Kier alpha value is -2.42. The molecule has 0 spiro atoms. The van der Waals surface area contributed by atoms with Gasteiger partial charge in [-0.1, -0.05) is 72.8 Å². The van der Waals surface area contributed by atoms with Gasteiger partial charge in [0.25, 0.3) is 0 Å². The summed E-state index contributed by atoms with van der Waals surface area (Å²) in [6, 6.07) is 35.1. The molecule has 0 nitrogen and oxygen atoms in total. The second-order valence-corrected chi connectivity index (χ2v) is 8.37. The largest absolute Gasteiger partial charge is 0.130 e. The normalized spacial score (nSPS) is 10.8. The van der Waals surface area contributed by atoms with Crippen molar-refractivity contribution in [3.8, 4) is 33.4 Å². The summed E-state index contributed by atoms with van der Waals surface area (Å²) in [6.45, 7) is 0. The molecule has 4 aromatic rings. The number of benzene rings is 4. The molecule has 0 fully saturated rings. The van der Waals surface area contributed by atoms with Crippen LogP contribution in [0.2, 0.25) is 0 Å². The molecule has 138 valence electrons. The van der Waals surface area contributed by atoms with Gasteiger partial charge in [-0.3, -0.25) is 0 Å². The van der Waals surface area contributed by atoms with Crippen molar-refractivity contribution in [2.45, 2.75) is 9.79 Å². The van der Waals surface area contributed by atoms with E-state index in [-0.39, 0.29) is 0 Å². The Labute approximate surface area is 176 Å². The summed E-state index contributed by atoms with van der Waals surface area (Å²) in [6.07, 6.45) is 4.21. The molecule has 0 heterocycles. The molecule has 4 rings (SSSR count). The van der Waals surface area contributed by atoms with Gasteiger partial charge in [-0.15, -0.1) is 23.5 Å². The van der Waals surface area contributed by atoms with E-state index in [1.807, 2.05) is 0 Å². The van der Waals surface area contributed by atoms with Gasteiger partial charge in [-0.2, -0.15) is 0 Å². The lowest BCUT2D eigenvalue weighted by Gasteiger charge is -2.08. The van der Waals surface area contributed by atoms with E-state index in [0.717, 1.165) is 0 Å². The molecule has 0 aliphatic carbocycles. The lowest BCUT2D eigenvalue weighted by molar-refractivity contribution is 1.46. The van der Waals surface area contributed by atoms with Crippen molar-refractivity contribution in [3.63, 3.8) is 0 Å². The van der Waals surface area contributed by atoms with Crippen LogP contribution in [0, 0.1) is 0 Å². The fourth-order valence-corrected chi connectivity index (χ4v) is 4.09. The third-order valence-electron chi connectivity index (χ3n) is 4.95. The van der Waals surface area contributed by atoms with Crippen LogP contribution in [-0.4, -0.2) is 12.5 Å². The van der Waals surface area contributed by atoms with Crippen LogP contribution >= 0.6 is 23.5 Å². The van der Waals surface area contributed by atoms with Gasteiger partial charge in [0.05, 0.1) is 0 Å². The first-order valence-corrected chi connectivity index (χ1v) is 11.7. The van der Waals surface area contributed by atoms with Crippen molar-refractivity contribution in [1.29, 1.82) is 0 Å². The van der Waals surface area contributed by atoms with Crippen LogP contribution in [0.5, 0.6) is 0 Å². The van der Waals surface area contributed by atoms with Gasteiger partial charge in [0, 0.05) is 9.79 Å². The third kappa shape index (κ3) is 4.19. The SMILES string of the molecule is CSc1ccc(-c2ccc(-c3ccc(-c4ccc(SC)cc4)cc3)cc2)cc1. The van der Waals surface area contributed by atoms with E-state index in [1.54, 1.807) is 23.5 Å². The van der Waals surface area contributed by atoms with Crippen molar-refractivity contribution in [2.75, 3.05) is 12.5 Å². The van der Waals surface area contributed by atoms with Crippen LogP contribution in [0.4, 0.5) is 0 Å². The van der Waals surface area contributed by atoms with Crippen LogP contribution in [0.15, 0.2) is 107 Å². The summed E-state index contributed by atoms with van der Waals surface area (Å²) < 4.78 is 0. The number of hydrogen-bond acceptors (Lipinski definition) is 2. The Morgan fingerprint density at radius 2 is 0.500 bits per heavy atom. The van der Waals surface area contributed by atoms with Crippen molar-refractivity contribution < 1.29 is 0 Å². The lowest BCUT2D eigenvalue weighted by atomic mass is 9.98. The average Bonchev–Trinajstić information content (AvgIpc) is 2.79. The van der Waals surface area contributed by atoms with Gasteiger partial charge in [0.2, 0.25) is 0 Å². The Morgan fingerprint density at radius 1 is 0.321 bits per heavy atom. The fourth-order valence-electron chi connectivity index (χ4n) is 3.28. The van der Waals surface area contributed by atoms with Crippen LogP contribution in [0.25, 0.3) is 33.4 Å². The summed E-state index contributed by atoms with van der Waals surface area (Å²) in [5.74, 6) is 0. The molecule has 0 amide bonds. The zero-order valence-electron chi connectivity index (χ0n) is 16.1. The molecule has 0 bridgehead atoms. The zero-order chi connectivity index (χ0) is 19.3. The number of rotatable bonds is 5. The second-order valence-electron chi connectivity index (χ2n) is 6.61. The maximum absolute atomic E-state index is 2.21. The first kappa shape index (κ1) is 18.9. The fraction of sp³-hybridized carbons (Fsp3) is 0.0769. The van der Waals surface area contributed by atoms with E-state index in [2.05, 4.69) is 110 Å². The Kier molecular flexibility index (Phi) is 5.90. The molecule has 2 heteroatoms. The van der Waals surface area contributed by atoms with Gasteiger partial charge >= 0.3 is 0 Å². The summed E-state index contributed by atoms with van der Waals surface area (Å²) in [7, 11) is 0. The van der Waals surface area contributed by atoms with Gasteiger partial charge in [0.15, 0.2) is 0 Å². The molecule has 0 saturated carbocycles. The minimum absolute atomic E-state index is 1.24. The molecule has 28 heavy (non-hydrogen) atoms. The molecule has 0 aliphatic heterocycles. The summed E-state index contributed by atoms with van der Waals surface area (Å²) in [4.78, 5) is 2.59. The molecule has 0 N–H and O–H groups in total. The molecule has 0 radical (unpaired) electrons. The highest BCUT2D eigenvalue weighted by atomic mass is 32.2. The Balaban J connectivity index is 1.53. The number of hydrogen-bond donors (Lipinski definition) is 0. The first-order valence-electron chi connectivity index (χ1n) is 9.26. The molecular formula is C26H22S2. The zero-order valence-corrected chi connectivity index (χ0v) is 17.7. The quantitative estimate of drug-likeness (QED) is 0.311. The highest BCUT2D eigenvalue weighted by Gasteiger charge is 2.03. The molecule has 0 aliphatic rings. The smallest absolute Gasteiger partial charge is 0.00695 e. The van der Waals surface area contributed by atoms with Crippen molar-refractivity contribution >= 4 is 23.5 Å².